The van der Waals surface area contributed by atoms with Crippen LogP contribution < -0.4 is 20.1 Å². The molecule has 1 aliphatic heterocycles. The number of hydrogen-bond donors (Lipinski definition) is 2. The van der Waals surface area contributed by atoms with Crippen molar-refractivity contribution in [3.8, 4) is 11.5 Å². The predicted molar refractivity (Wildman–Crippen MR) is 115 cm³/mol. The molecule has 1 aromatic carbocycles. The van der Waals surface area contributed by atoms with Gasteiger partial charge in [0.05, 0.1) is 19.8 Å². The van der Waals surface area contributed by atoms with Gasteiger partial charge in [0.2, 0.25) is 0 Å². The lowest BCUT2D eigenvalue weighted by Crippen LogP contribution is -2.40. The summed E-state index contributed by atoms with van der Waals surface area (Å²) in [4.78, 5) is 5.71. The van der Waals surface area contributed by atoms with Crippen LogP contribution in [0.5, 0.6) is 11.5 Å². The van der Waals surface area contributed by atoms with Crippen LogP contribution >= 0.6 is 0 Å². The van der Waals surface area contributed by atoms with Crippen LogP contribution in [0.15, 0.2) is 23.2 Å². The summed E-state index contributed by atoms with van der Waals surface area (Å²) in [5.74, 6) is 2.26. The van der Waals surface area contributed by atoms with Gasteiger partial charge in [0, 0.05) is 32.2 Å². The summed E-state index contributed by atoms with van der Waals surface area (Å²) in [6, 6.07) is 5.83. The molecule has 1 saturated heterocycles. The Morgan fingerprint density at radius 3 is 2.65 bits per heavy atom. The largest absolute Gasteiger partial charge is 0.493 e. The molecule has 2 fully saturated rings. The maximum Gasteiger partial charge on any atom is 0.401 e. The van der Waals surface area contributed by atoms with Gasteiger partial charge in [-0.3, -0.25) is 9.89 Å². The molecule has 0 spiro atoms. The van der Waals surface area contributed by atoms with E-state index in [1.807, 2.05) is 18.2 Å². The summed E-state index contributed by atoms with van der Waals surface area (Å²) >= 11 is 0. The fourth-order valence-corrected chi connectivity index (χ4v) is 4.29. The number of rotatable bonds is 8. The Balaban J connectivity index is 1.51. The number of alkyl halides is 3. The summed E-state index contributed by atoms with van der Waals surface area (Å²) in [6.45, 7) is 1.17. The van der Waals surface area contributed by atoms with Gasteiger partial charge in [0.1, 0.15) is 0 Å². The number of halogens is 3. The molecular formula is C22H33F3N4O2. The molecule has 1 unspecified atom stereocenters. The van der Waals surface area contributed by atoms with Crippen molar-refractivity contribution in [1.29, 1.82) is 0 Å². The summed E-state index contributed by atoms with van der Waals surface area (Å²) in [5.41, 5.74) is 0.978. The Morgan fingerprint density at radius 1 is 1.19 bits per heavy atom. The molecule has 0 aromatic heterocycles. The van der Waals surface area contributed by atoms with E-state index in [9.17, 15) is 13.2 Å². The molecular weight excluding hydrogens is 409 g/mol. The van der Waals surface area contributed by atoms with Gasteiger partial charge in [-0.15, -0.1) is 0 Å². The average molecular weight is 443 g/mol. The average Bonchev–Trinajstić information content (AvgIpc) is 3.39. The predicted octanol–water partition coefficient (Wildman–Crippen LogP) is 3.57. The minimum Gasteiger partial charge on any atom is -0.493 e. The SMILES string of the molecule is CN=C(NCc1cccc(OC)c1OC1CCCC1)NCC1CCN(CC(F)(F)F)C1. The zero-order valence-corrected chi connectivity index (χ0v) is 18.3. The second-order valence-corrected chi connectivity index (χ2v) is 8.28. The molecule has 2 N–H and O–H groups in total. The number of methoxy groups -OCH3 is 1. The Kier molecular flexibility index (Phi) is 8.28. The first-order chi connectivity index (χ1) is 14.9. The van der Waals surface area contributed by atoms with E-state index in [-0.39, 0.29) is 12.0 Å². The van der Waals surface area contributed by atoms with Crippen molar-refractivity contribution >= 4 is 5.96 Å². The van der Waals surface area contributed by atoms with Crippen molar-refractivity contribution in [3.05, 3.63) is 23.8 Å². The highest BCUT2D eigenvalue weighted by atomic mass is 19.4. The highest BCUT2D eigenvalue weighted by Gasteiger charge is 2.34. The molecule has 0 bridgehead atoms. The van der Waals surface area contributed by atoms with E-state index in [1.165, 1.54) is 17.7 Å². The van der Waals surface area contributed by atoms with Crippen molar-refractivity contribution in [2.75, 3.05) is 40.3 Å². The van der Waals surface area contributed by atoms with E-state index in [1.54, 1.807) is 14.2 Å². The smallest absolute Gasteiger partial charge is 0.401 e. The maximum atomic E-state index is 12.6. The first-order valence-electron chi connectivity index (χ1n) is 10.9. The van der Waals surface area contributed by atoms with Crippen LogP contribution in [0.3, 0.4) is 0 Å². The second kappa shape index (κ2) is 10.9. The minimum atomic E-state index is -4.14. The van der Waals surface area contributed by atoms with Gasteiger partial charge in [-0.05, 0) is 50.6 Å². The van der Waals surface area contributed by atoms with E-state index in [2.05, 4.69) is 15.6 Å². The van der Waals surface area contributed by atoms with Gasteiger partial charge in [0.15, 0.2) is 17.5 Å². The maximum absolute atomic E-state index is 12.6. The van der Waals surface area contributed by atoms with E-state index < -0.39 is 12.7 Å². The highest BCUT2D eigenvalue weighted by Crippen LogP contribution is 2.34. The van der Waals surface area contributed by atoms with Gasteiger partial charge in [0.25, 0.3) is 0 Å². The second-order valence-electron chi connectivity index (χ2n) is 8.28. The first kappa shape index (κ1) is 23.5. The van der Waals surface area contributed by atoms with Crippen molar-refractivity contribution in [2.45, 2.75) is 50.9 Å². The van der Waals surface area contributed by atoms with Crippen LogP contribution in [0, 0.1) is 5.92 Å². The lowest BCUT2D eigenvalue weighted by molar-refractivity contribution is -0.143. The topological polar surface area (TPSA) is 58.1 Å². The van der Waals surface area contributed by atoms with Crippen LogP contribution in [-0.2, 0) is 6.54 Å². The van der Waals surface area contributed by atoms with Crippen molar-refractivity contribution < 1.29 is 22.6 Å². The normalized spacial score (nSPS) is 20.8. The molecule has 0 radical (unpaired) electrons. The lowest BCUT2D eigenvalue weighted by Gasteiger charge is -2.21. The van der Waals surface area contributed by atoms with E-state index >= 15 is 0 Å². The third kappa shape index (κ3) is 7.19. The van der Waals surface area contributed by atoms with Crippen LogP contribution in [0.2, 0.25) is 0 Å². The standard InChI is InChI=1S/C22H33F3N4O2/c1-26-21(27-12-16-10-11-29(14-16)15-22(23,24)25)28-13-17-6-5-9-19(30-2)20(17)31-18-7-3-4-8-18/h5-6,9,16,18H,3-4,7-8,10-15H2,1-2H3,(H2,26,27,28). The van der Waals surface area contributed by atoms with Gasteiger partial charge in [-0.25, -0.2) is 0 Å². The highest BCUT2D eigenvalue weighted by molar-refractivity contribution is 5.79. The number of nitrogens with one attached hydrogen (secondary N) is 2. The van der Waals surface area contributed by atoms with Crippen LogP contribution in [0.4, 0.5) is 13.2 Å². The van der Waals surface area contributed by atoms with Gasteiger partial charge < -0.3 is 20.1 Å². The molecule has 6 nitrogen and oxygen atoms in total. The summed E-state index contributed by atoms with van der Waals surface area (Å²) in [5, 5.41) is 6.53. The molecule has 31 heavy (non-hydrogen) atoms. The van der Waals surface area contributed by atoms with Gasteiger partial charge >= 0.3 is 6.18 Å². The Hall–Kier alpha value is -2.16. The lowest BCUT2D eigenvalue weighted by atomic mass is 10.1. The number of ether oxygens (including phenoxy) is 2. The van der Waals surface area contributed by atoms with Crippen molar-refractivity contribution in [2.24, 2.45) is 10.9 Å². The molecule has 1 heterocycles. The number of benzene rings is 1. The van der Waals surface area contributed by atoms with Crippen LogP contribution in [0.25, 0.3) is 0 Å². The summed E-state index contributed by atoms with van der Waals surface area (Å²) in [6.07, 6.45) is 1.30. The first-order valence-corrected chi connectivity index (χ1v) is 10.9. The molecule has 174 valence electrons. The number of para-hydroxylation sites is 1. The van der Waals surface area contributed by atoms with E-state index in [0.717, 1.165) is 30.6 Å². The third-order valence-corrected chi connectivity index (χ3v) is 5.87. The molecule has 3 rings (SSSR count). The number of guanidine groups is 1. The monoisotopic (exact) mass is 442 g/mol. The summed E-state index contributed by atoms with van der Waals surface area (Å²) in [7, 11) is 3.32. The molecule has 0 amide bonds. The van der Waals surface area contributed by atoms with E-state index in [0.29, 0.717) is 37.9 Å². The fraction of sp³-hybridized carbons (Fsp3) is 0.682. The summed E-state index contributed by atoms with van der Waals surface area (Å²) < 4.78 is 49.5. The van der Waals surface area contributed by atoms with Crippen molar-refractivity contribution in [3.63, 3.8) is 0 Å². The van der Waals surface area contributed by atoms with Crippen molar-refractivity contribution in [1.82, 2.24) is 15.5 Å². The number of hydrogen-bond acceptors (Lipinski definition) is 4. The van der Waals surface area contributed by atoms with Gasteiger partial charge in [-0.1, -0.05) is 12.1 Å². The molecule has 1 atom stereocenters. The van der Waals surface area contributed by atoms with Crippen LogP contribution in [0.1, 0.15) is 37.7 Å². The Bertz CT molecular complexity index is 736. The van der Waals surface area contributed by atoms with Crippen LogP contribution in [-0.4, -0.2) is 63.5 Å². The number of nitrogens with zero attached hydrogens (tertiary/aromatic N) is 2. The number of likely N-dealkylation sites (tertiary alicyclic amines) is 1. The molecule has 2 aliphatic rings. The Labute approximate surface area is 182 Å². The van der Waals surface area contributed by atoms with Gasteiger partial charge in [-0.2, -0.15) is 13.2 Å². The zero-order chi connectivity index (χ0) is 22.3. The minimum absolute atomic E-state index is 0.166. The molecule has 9 heteroatoms. The fourth-order valence-electron chi connectivity index (χ4n) is 4.29. The number of aliphatic imine (C=N–C) groups is 1. The Morgan fingerprint density at radius 2 is 1.97 bits per heavy atom. The zero-order valence-electron chi connectivity index (χ0n) is 18.3. The van der Waals surface area contributed by atoms with E-state index in [4.69, 9.17) is 9.47 Å². The third-order valence-electron chi connectivity index (χ3n) is 5.87. The quantitative estimate of drug-likeness (QED) is 0.476. The molecule has 1 saturated carbocycles. The molecule has 1 aromatic rings. The molecule has 1 aliphatic carbocycles.